The van der Waals surface area contributed by atoms with Gasteiger partial charge in [-0.25, -0.2) is 9.59 Å². The summed E-state index contributed by atoms with van der Waals surface area (Å²) in [5, 5.41) is 3.88. The van der Waals surface area contributed by atoms with Crippen molar-refractivity contribution in [2.45, 2.75) is 13.5 Å². The van der Waals surface area contributed by atoms with Crippen molar-refractivity contribution in [2.75, 3.05) is 13.4 Å². The van der Waals surface area contributed by atoms with Crippen LogP contribution in [0.25, 0.3) is 0 Å². The molecule has 1 aliphatic heterocycles. The van der Waals surface area contributed by atoms with Gasteiger partial charge in [-0.15, -0.1) is 0 Å². The van der Waals surface area contributed by atoms with E-state index in [1.165, 1.54) is 24.7 Å². The maximum absolute atomic E-state index is 11.8. The summed E-state index contributed by atoms with van der Waals surface area (Å²) in [5.74, 6) is 0.590. The molecule has 0 N–H and O–H groups in total. The van der Waals surface area contributed by atoms with Crippen LogP contribution in [0.4, 0.5) is 0 Å². The van der Waals surface area contributed by atoms with Crippen molar-refractivity contribution in [3.63, 3.8) is 0 Å². The lowest BCUT2D eigenvalue weighted by Gasteiger charge is -2.09. The molecule has 148 valence electrons. The third-order valence-electron chi connectivity index (χ3n) is 4.18. The molecule has 0 aliphatic carbocycles. The Morgan fingerprint density at radius 1 is 1.14 bits per heavy atom. The van der Waals surface area contributed by atoms with Crippen LogP contribution in [0.1, 0.15) is 18.2 Å². The lowest BCUT2D eigenvalue weighted by Crippen LogP contribution is -2.38. The number of hydrogen-bond donors (Lipinski definition) is 0. The SMILES string of the molecule is C/C(=N\OCC(=O)OCc1cc(=O)n(C)c(=O)n1C)c1ccc2c(c1)OCO2. The van der Waals surface area contributed by atoms with Crippen molar-refractivity contribution in [1.82, 2.24) is 9.13 Å². The molecule has 0 bridgehead atoms. The lowest BCUT2D eigenvalue weighted by atomic mass is 10.1. The minimum atomic E-state index is -0.685. The fourth-order valence-corrected chi connectivity index (χ4v) is 2.47. The summed E-state index contributed by atoms with van der Waals surface area (Å²) in [5.41, 5.74) is 0.599. The van der Waals surface area contributed by atoms with E-state index in [2.05, 4.69) is 5.16 Å². The molecule has 0 amide bonds. The normalized spacial score (nSPS) is 12.8. The van der Waals surface area contributed by atoms with Gasteiger partial charge in [0.25, 0.3) is 5.56 Å². The van der Waals surface area contributed by atoms with Crippen LogP contribution in [0.15, 0.2) is 39.0 Å². The van der Waals surface area contributed by atoms with Crippen molar-refractivity contribution in [3.05, 3.63) is 56.4 Å². The number of fused-ring (bicyclic) bond motifs is 1. The second-order valence-corrected chi connectivity index (χ2v) is 6.05. The maximum atomic E-state index is 11.8. The Balaban J connectivity index is 1.54. The van der Waals surface area contributed by atoms with Gasteiger partial charge < -0.3 is 19.0 Å². The molecule has 0 spiro atoms. The van der Waals surface area contributed by atoms with Crippen LogP contribution in [0.3, 0.4) is 0 Å². The first-order valence-corrected chi connectivity index (χ1v) is 8.35. The van der Waals surface area contributed by atoms with E-state index in [1.54, 1.807) is 25.1 Å². The first kappa shape index (κ1) is 19.2. The number of ether oxygens (including phenoxy) is 3. The van der Waals surface area contributed by atoms with Crippen LogP contribution in [0.2, 0.25) is 0 Å². The Bertz CT molecular complexity index is 1050. The molecule has 1 aromatic heterocycles. The number of benzene rings is 1. The first-order chi connectivity index (χ1) is 13.4. The Morgan fingerprint density at radius 3 is 2.68 bits per heavy atom. The predicted molar refractivity (Wildman–Crippen MR) is 97.4 cm³/mol. The van der Waals surface area contributed by atoms with Gasteiger partial charge >= 0.3 is 11.7 Å². The molecular formula is C18H19N3O7. The maximum Gasteiger partial charge on any atom is 0.347 e. The first-order valence-electron chi connectivity index (χ1n) is 8.35. The average molecular weight is 389 g/mol. The largest absolute Gasteiger partial charge is 0.457 e. The number of esters is 1. The van der Waals surface area contributed by atoms with Crippen molar-refractivity contribution < 1.29 is 23.8 Å². The van der Waals surface area contributed by atoms with Crippen LogP contribution < -0.4 is 20.7 Å². The number of carbonyl (C=O) groups is 1. The molecule has 0 fully saturated rings. The Hall–Kier alpha value is -3.56. The van der Waals surface area contributed by atoms with Crippen molar-refractivity contribution in [3.8, 4) is 11.5 Å². The summed E-state index contributed by atoms with van der Waals surface area (Å²) in [7, 11) is 2.86. The van der Waals surface area contributed by atoms with Crippen LogP contribution in [0.5, 0.6) is 11.5 Å². The van der Waals surface area contributed by atoms with Gasteiger partial charge in [0.2, 0.25) is 13.4 Å². The second-order valence-electron chi connectivity index (χ2n) is 6.05. The number of aromatic nitrogens is 2. The highest BCUT2D eigenvalue weighted by Crippen LogP contribution is 2.32. The van der Waals surface area contributed by atoms with Gasteiger partial charge in [0.05, 0.1) is 11.4 Å². The Labute approximate surface area is 159 Å². The lowest BCUT2D eigenvalue weighted by molar-refractivity contribution is -0.150. The smallest absolute Gasteiger partial charge is 0.347 e. The molecule has 0 saturated heterocycles. The number of carbonyl (C=O) groups excluding carboxylic acids is 1. The summed E-state index contributed by atoms with van der Waals surface area (Å²) in [6, 6.07) is 6.56. The zero-order valence-electron chi connectivity index (χ0n) is 15.6. The molecule has 10 heteroatoms. The van der Waals surface area contributed by atoms with Crippen LogP contribution >= 0.6 is 0 Å². The van der Waals surface area contributed by atoms with Crippen LogP contribution in [0, 0.1) is 0 Å². The molecular weight excluding hydrogens is 370 g/mol. The zero-order chi connectivity index (χ0) is 20.3. The molecule has 10 nitrogen and oxygen atoms in total. The highest BCUT2D eigenvalue weighted by Gasteiger charge is 2.14. The van der Waals surface area contributed by atoms with Crippen molar-refractivity contribution in [1.29, 1.82) is 0 Å². The molecule has 28 heavy (non-hydrogen) atoms. The van der Waals surface area contributed by atoms with Crippen LogP contribution in [-0.2, 0) is 35.1 Å². The summed E-state index contributed by atoms with van der Waals surface area (Å²) in [4.78, 5) is 40.3. The van der Waals surface area contributed by atoms with E-state index >= 15 is 0 Å². The fourth-order valence-electron chi connectivity index (χ4n) is 2.47. The van der Waals surface area contributed by atoms with Gasteiger partial charge in [0.1, 0.15) is 6.61 Å². The highest BCUT2D eigenvalue weighted by molar-refractivity contribution is 5.99. The van der Waals surface area contributed by atoms with E-state index in [9.17, 15) is 14.4 Å². The zero-order valence-corrected chi connectivity index (χ0v) is 15.6. The summed E-state index contributed by atoms with van der Waals surface area (Å²) >= 11 is 0. The Kier molecular flexibility index (Phi) is 5.48. The molecule has 0 radical (unpaired) electrons. The third-order valence-corrected chi connectivity index (χ3v) is 4.18. The monoisotopic (exact) mass is 389 g/mol. The second kappa shape index (κ2) is 7.99. The number of nitrogens with zero attached hydrogens (tertiary/aromatic N) is 3. The third kappa shape index (κ3) is 4.05. The van der Waals surface area contributed by atoms with E-state index in [0.29, 0.717) is 17.2 Å². The molecule has 3 rings (SSSR count). The molecule has 1 aliphatic rings. The predicted octanol–water partition coefficient (Wildman–Crippen LogP) is 0.297. The van der Waals surface area contributed by atoms with E-state index in [1.807, 2.05) is 0 Å². The van der Waals surface area contributed by atoms with E-state index in [-0.39, 0.29) is 19.1 Å². The number of hydrogen-bond acceptors (Lipinski definition) is 8. The van der Waals surface area contributed by atoms with Gasteiger partial charge in [-0.05, 0) is 25.1 Å². The minimum absolute atomic E-state index is 0.177. The molecule has 0 atom stereocenters. The minimum Gasteiger partial charge on any atom is -0.457 e. The topological polar surface area (TPSA) is 110 Å². The average Bonchev–Trinajstić information content (AvgIpc) is 3.15. The number of rotatable bonds is 6. The van der Waals surface area contributed by atoms with Gasteiger partial charge in [-0.3, -0.25) is 13.9 Å². The summed E-state index contributed by atoms with van der Waals surface area (Å²) in [6.45, 7) is 1.25. The summed E-state index contributed by atoms with van der Waals surface area (Å²) < 4.78 is 17.8. The van der Waals surface area contributed by atoms with Gasteiger partial charge in [-0.1, -0.05) is 5.16 Å². The van der Waals surface area contributed by atoms with E-state index in [0.717, 1.165) is 10.1 Å². The van der Waals surface area contributed by atoms with Crippen molar-refractivity contribution in [2.24, 2.45) is 19.3 Å². The van der Waals surface area contributed by atoms with Gasteiger partial charge in [0.15, 0.2) is 11.5 Å². The summed E-state index contributed by atoms with van der Waals surface area (Å²) in [6.07, 6.45) is 0. The van der Waals surface area contributed by atoms with Gasteiger partial charge in [-0.2, -0.15) is 0 Å². The standard InChI is InChI=1S/C18H19N3O7/c1-11(12-4-5-14-15(6-12)27-10-26-14)19-28-9-17(23)25-8-13-7-16(22)21(3)18(24)20(13)2/h4-7H,8-10H2,1-3H3/b19-11+. The van der Waals surface area contributed by atoms with Gasteiger partial charge in [0, 0.05) is 25.7 Å². The molecule has 2 heterocycles. The Morgan fingerprint density at radius 2 is 1.89 bits per heavy atom. The highest BCUT2D eigenvalue weighted by atomic mass is 16.7. The quantitative estimate of drug-likeness (QED) is 0.397. The molecule has 2 aromatic rings. The number of oxime groups is 1. The molecule has 1 aromatic carbocycles. The van der Waals surface area contributed by atoms with E-state index in [4.69, 9.17) is 19.0 Å². The van der Waals surface area contributed by atoms with E-state index < -0.39 is 23.8 Å². The fraction of sp³-hybridized carbons (Fsp3) is 0.333. The van der Waals surface area contributed by atoms with Crippen molar-refractivity contribution >= 4 is 11.7 Å². The van der Waals surface area contributed by atoms with Crippen LogP contribution in [-0.4, -0.2) is 34.2 Å². The molecule has 0 unspecified atom stereocenters. The molecule has 0 saturated carbocycles.